The first-order valence-corrected chi connectivity index (χ1v) is 19.2. The molecule has 14 heteroatoms. The van der Waals surface area contributed by atoms with Crippen molar-refractivity contribution in [2.45, 2.75) is 105 Å². The quantitative estimate of drug-likeness (QED) is 0.0563. The van der Waals surface area contributed by atoms with Crippen molar-refractivity contribution in [3.05, 3.63) is 53.4 Å². The van der Waals surface area contributed by atoms with Gasteiger partial charge in [-0.25, -0.2) is 19.2 Å². The van der Waals surface area contributed by atoms with E-state index in [1.807, 2.05) is 0 Å². The normalized spacial score (nSPS) is 11.2. The third-order valence-electron chi connectivity index (χ3n) is 7.98. The molecule has 0 amide bonds. The van der Waals surface area contributed by atoms with Gasteiger partial charge < -0.3 is 18.9 Å². The van der Waals surface area contributed by atoms with Crippen LogP contribution in [-0.2, 0) is 19.1 Å². The summed E-state index contributed by atoms with van der Waals surface area (Å²) in [6, 6.07) is 2.28. The van der Waals surface area contributed by atoms with Crippen LogP contribution < -0.4 is 9.47 Å². The number of ether oxygens (including phenoxy) is 4. The molecule has 0 heterocycles. The van der Waals surface area contributed by atoms with Crippen LogP contribution in [-0.4, -0.2) is 37.1 Å². The van der Waals surface area contributed by atoms with Crippen LogP contribution in [0.5, 0.6) is 11.5 Å². The molecule has 0 aromatic heterocycles. The zero-order valence-electron chi connectivity index (χ0n) is 28.7. The van der Waals surface area contributed by atoms with Crippen LogP contribution >= 0.6 is 69.6 Å². The Morgan fingerprint density at radius 2 is 0.820 bits per heavy atom. The molecule has 0 spiro atoms. The van der Waals surface area contributed by atoms with Gasteiger partial charge in [0.2, 0.25) is 0 Å². The highest BCUT2D eigenvalue weighted by molar-refractivity contribution is 6.47. The second-order valence-corrected chi connectivity index (χ2v) is 14.4. The molecule has 2 aromatic carbocycles. The SMILES string of the molecule is CCCCC(CCCC)COC(=O)c1c(Cl)c(Cl)cc(Cl)c1OC(=O)C(=O)Oc1c(Cl)cc(Cl)c(Cl)c1C(=O)OCC(CCCC)CCCC. The number of esters is 4. The summed E-state index contributed by atoms with van der Waals surface area (Å²) in [5.74, 6) is -6.13. The Morgan fingerprint density at radius 1 is 0.520 bits per heavy atom. The fraction of sp³-hybridized carbons (Fsp3) is 0.556. The Kier molecular flexibility index (Phi) is 20.2. The molecule has 0 N–H and O–H groups in total. The Bertz CT molecular complexity index is 1360. The van der Waals surface area contributed by atoms with Crippen LogP contribution in [0.3, 0.4) is 0 Å². The van der Waals surface area contributed by atoms with Crippen molar-refractivity contribution < 1.29 is 38.1 Å². The summed E-state index contributed by atoms with van der Waals surface area (Å²) in [6.07, 6.45) is 11.2. The predicted molar refractivity (Wildman–Crippen MR) is 200 cm³/mol. The standard InChI is InChI=1S/C36H44Cl6O8/c1-5-9-13-21(14-10-6-2)19-47-33(43)27-29(41)23(37)17-25(39)31(27)49-35(45)36(46)50-32-26(40)18-24(38)30(42)28(32)34(44)48-20-22(15-11-7-3)16-12-8-4/h17-18,21-22H,5-16,19-20H2,1-4H3. The molecule has 0 saturated carbocycles. The van der Waals surface area contributed by atoms with Gasteiger partial charge in [0.1, 0.15) is 11.1 Å². The summed E-state index contributed by atoms with van der Waals surface area (Å²) in [6.45, 7) is 8.46. The molecule has 0 unspecified atom stereocenters. The lowest BCUT2D eigenvalue weighted by Gasteiger charge is -2.19. The van der Waals surface area contributed by atoms with E-state index in [0.29, 0.717) is 0 Å². The van der Waals surface area contributed by atoms with E-state index in [0.717, 1.165) is 89.2 Å². The summed E-state index contributed by atoms with van der Waals surface area (Å²) in [4.78, 5) is 52.8. The molecule has 0 aliphatic heterocycles. The molecular formula is C36H44Cl6O8. The van der Waals surface area contributed by atoms with Gasteiger partial charge in [-0.15, -0.1) is 0 Å². The zero-order valence-corrected chi connectivity index (χ0v) is 33.3. The molecule has 2 aromatic rings. The van der Waals surface area contributed by atoms with Gasteiger partial charge in [-0.2, -0.15) is 0 Å². The average Bonchev–Trinajstić information content (AvgIpc) is 3.08. The summed E-state index contributed by atoms with van der Waals surface area (Å²) in [7, 11) is 0. The minimum Gasteiger partial charge on any atom is -0.462 e. The molecule has 0 bridgehead atoms. The second-order valence-electron chi connectivity index (χ2n) is 12.0. The van der Waals surface area contributed by atoms with Crippen molar-refractivity contribution in [1.82, 2.24) is 0 Å². The van der Waals surface area contributed by atoms with Crippen LogP contribution in [0.2, 0.25) is 30.1 Å². The lowest BCUT2D eigenvalue weighted by Crippen LogP contribution is -2.28. The number of unbranched alkanes of at least 4 members (excludes halogenated alkanes) is 4. The van der Waals surface area contributed by atoms with Crippen LogP contribution in [0.4, 0.5) is 0 Å². The van der Waals surface area contributed by atoms with Crippen LogP contribution in [0.15, 0.2) is 12.1 Å². The van der Waals surface area contributed by atoms with E-state index in [9.17, 15) is 19.2 Å². The second kappa shape index (κ2) is 22.9. The highest BCUT2D eigenvalue weighted by Gasteiger charge is 2.32. The highest BCUT2D eigenvalue weighted by Crippen LogP contribution is 2.42. The van der Waals surface area contributed by atoms with Gasteiger partial charge in [0.25, 0.3) is 0 Å². The van der Waals surface area contributed by atoms with Crippen molar-refractivity contribution in [3.63, 3.8) is 0 Å². The molecule has 2 rings (SSSR count). The Hall–Kier alpha value is -1.94. The van der Waals surface area contributed by atoms with Crippen molar-refractivity contribution in [2.75, 3.05) is 13.2 Å². The van der Waals surface area contributed by atoms with Crippen LogP contribution in [0.1, 0.15) is 125 Å². The lowest BCUT2D eigenvalue weighted by molar-refractivity contribution is -0.156. The monoisotopic (exact) mass is 814 g/mol. The minimum atomic E-state index is -1.64. The van der Waals surface area contributed by atoms with Crippen molar-refractivity contribution in [3.8, 4) is 11.5 Å². The lowest BCUT2D eigenvalue weighted by atomic mass is 9.97. The minimum absolute atomic E-state index is 0.0847. The van der Waals surface area contributed by atoms with Gasteiger partial charge in [-0.3, -0.25) is 0 Å². The van der Waals surface area contributed by atoms with Crippen molar-refractivity contribution >= 4 is 93.5 Å². The van der Waals surface area contributed by atoms with E-state index in [1.54, 1.807) is 0 Å². The molecule has 0 aliphatic carbocycles. The first-order valence-electron chi connectivity index (χ1n) is 16.9. The van der Waals surface area contributed by atoms with Gasteiger partial charge in [0.05, 0.1) is 43.3 Å². The maximum absolute atomic E-state index is 13.3. The van der Waals surface area contributed by atoms with Crippen LogP contribution in [0, 0.1) is 11.8 Å². The molecule has 0 radical (unpaired) electrons. The largest absolute Gasteiger partial charge is 0.462 e. The molecule has 0 saturated heterocycles. The topological polar surface area (TPSA) is 105 Å². The molecule has 8 nitrogen and oxygen atoms in total. The third-order valence-corrected chi connectivity index (χ3v) is 10.1. The van der Waals surface area contributed by atoms with Crippen molar-refractivity contribution in [1.29, 1.82) is 0 Å². The van der Waals surface area contributed by atoms with Gasteiger partial charge in [0.15, 0.2) is 11.5 Å². The number of carbonyl (C=O) groups excluding carboxylic acids is 4. The Labute approximate surface area is 324 Å². The maximum Gasteiger partial charge on any atom is 0.423 e. The number of halogens is 6. The van der Waals surface area contributed by atoms with Gasteiger partial charge in [-0.1, -0.05) is 149 Å². The van der Waals surface area contributed by atoms with E-state index in [2.05, 4.69) is 27.7 Å². The van der Waals surface area contributed by atoms with E-state index in [1.165, 1.54) is 0 Å². The van der Waals surface area contributed by atoms with E-state index in [-0.39, 0.29) is 55.2 Å². The third kappa shape index (κ3) is 13.2. The summed E-state index contributed by atoms with van der Waals surface area (Å²) in [5, 5.41) is -1.44. The average molecular weight is 817 g/mol. The number of hydrogen-bond donors (Lipinski definition) is 0. The van der Waals surface area contributed by atoms with Gasteiger partial charge >= 0.3 is 23.9 Å². The van der Waals surface area contributed by atoms with E-state index in [4.69, 9.17) is 88.6 Å². The molecule has 0 atom stereocenters. The fourth-order valence-corrected chi connectivity index (χ4v) is 6.55. The zero-order chi connectivity index (χ0) is 37.4. The molecule has 0 aliphatic rings. The molecule has 278 valence electrons. The number of rotatable bonds is 20. The van der Waals surface area contributed by atoms with Crippen LogP contribution in [0.25, 0.3) is 0 Å². The number of hydrogen-bond acceptors (Lipinski definition) is 8. The maximum atomic E-state index is 13.3. The number of benzene rings is 2. The summed E-state index contributed by atoms with van der Waals surface area (Å²) in [5.41, 5.74) is -0.903. The van der Waals surface area contributed by atoms with Crippen molar-refractivity contribution in [2.24, 2.45) is 11.8 Å². The highest BCUT2D eigenvalue weighted by atomic mass is 35.5. The predicted octanol–water partition coefficient (Wildman–Crippen LogP) is 12.4. The Morgan fingerprint density at radius 3 is 1.10 bits per heavy atom. The van der Waals surface area contributed by atoms with E-state index >= 15 is 0 Å². The van der Waals surface area contributed by atoms with Gasteiger partial charge in [-0.05, 0) is 49.7 Å². The molecular weight excluding hydrogens is 773 g/mol. The summed E-state index contributed by atoms with van der Waals surface area (Å²) < 4.78 is 21.6. The van der Waals surface area contributed by atoms with E-state index < -0.39 is 46.5 Å². The fourth-order valence-electron chi connectivity index (χ4n) is 5.11. The van der Waals surface area contributed by atoms with Gasteiger partial charge in [0, 0.05) is 0 Å². The number of carbonyl (C=O) groups is 4. The Balaban J connectivity index is 2.34. The summed E-state index contributed by atoms with van der Waals surface area (Å²) >= 11 is 37.7. The molecule has 50 heavy (non-hydrogen) atoms. The molecule has 0 fully saturated rings. The first-order chi connectivity index (χ1) is 23.8. The first kappa shape index (κ1) is 44.2. The smallest absolute Gasteiger partial charge is 0.423 e.